The number of carboxylic acid groups (broad SMARTS) is 1. The van der Waals surface area contributed by atoms with Gasteiger partial charge in [0.05, 0.1) is 6.16 Å². The zero-order chi connectivity index (χ0) is 4.28. The molecule has 0 saturated carbocycles. The molecule has 0 aliphatic heterocycles. The Balaban J connectivity index is -0.0000000267. The molecule has 0 bridgehead atoms. The normalized spacial score (nSPS) is 6.17. The standard InChI is InChI=1S/C2H5O2P.Ca.2H/c3-2(4)1-5;;;/h1,5H2,(H,3,4);;;/q;+2;2*-1. The Kier molecular flexibility index (Phi) is 10.5. The van der Waals surface area contributed by atoms with Crippen molar-refractivity contribution in [2.24, 2.45) is 0 Å². The maximum Gasteiger partial charge on any atom is 2.00 e. The van der Waals surface area contributed by atoms with Gasteiger partial charge in [-0.1, -0.05) is 0 Å². The number of hydrogen-bond donors (Lipinski definition) is 1. The molecule has 0 aromatic carbocycles. The van der Waals surface area contributed by atoms with Crippen LogP contribution in [0.4, 0.5) is 0 Å². The van der Waals surface area contributed by atoms with E-state index in [0.29, 0.717) is 0 Å². The summed E-state index contributed by atoms with van der Waals surface area (Å²) in [5, 5.41) is 7.70. The second-order valence-corrected chi connectivity index (χ2v) is 1.01. The molecule has 1 atom stereocenters. The molecule has 1 unspecified atom stereocenters. The van der Waals surface area contributed by atoms with Crippen molar-refractivity contribution in [3.8, 4) is 0 Å². The summed E-state index contributed by atoms with van der Waals surface area (Å²) in [6, 6.07) is 0. The van der Waals surface area contributed by atoms with Crippen molar-refractivity contribution in [1.29, 1.82) is 0 Å². The Hall–Kier alpha value is 1.16. The summed E-state index contributed by atoms with van der Waals surface area (Å²) < 4.78 is 0. The van der Waals surface area contributed by atoms with E-state index in [1.807, 2.05) is 0 Å². The summed E-state index contributed by atoms with van der Waals surface area (Å²) in [5.74, 6) is -0.782. The largest absolute Gasteiger partial charge is 2.00 e. The minimum Gasteiger partial charge on any atom is -1.00 e. The SMILES string of the molecule is O=C(O)CP.[Ca+2].[H-].[H-]. The monoisotopic (exact) mass is 134 g/mol. The summed E-state index contributed by atoms with van der Waals surface area (Å²) in [5.41, 5.74) is 0. The van der Waals surface area contributed by atoms with Crippen LogP contribution in [-0.4, -0.2) is 55.0 Å². The summed E-state index contributed by atoms with van der Waals surface area (Å²) in [6.45, 7) is 0. The van der Waals surface area contributed by atoms with Gasteiger partial charge in [-0.2, -0.15) is 0 Å². The van der Waals surface area contributed by atoms with E-state index in [2.05, 4.69) is 9.24 Å². The predicted octanol–water partition coefficient (Wildman–Crippen LogP) is -0.210. The van der Waals surface area contributed by atoms with Crippen LogP contribution >= 0.6 is 9.24 Å². The summed E-state index contributed by atoms with van der Waals surface area (Å²) in [7, 11) is 2.09. The molecule has 0 spiro atoms. The van der Waals surface area contributed by atoms with Gasteiger partial charge in [0.25, 0.3) is 0 Å². The van der Waals surface area contributed by atoms with E-state index in [1.54, 1.807) is 0 Å². The van der Waals surface area contributed by atoms with Gasteiger partial charge in [0.1, 0.15) is 0 Å². The van der Waals surface area contributed by atoms with Crippen molar-refractivity contribution in [2.45, 2.75) is 0 Å². The van der Waals surface area contributed by atoms with E-state index < -0.39 is 5.97 Å². The first-order valence-electron chi connectivity index (χ1n) is 1.19. The number of carbonyl (C=O) groups is 1. The van der Waals surface area contributed by atoms with E-state index in [1.165, 1.54) is 0 Å². The first-order valence-corrected chi connectivity index (χ1v) is 2.01. The fourth-order valence-corrected chi connectivity index (χ4v) is 0. The van der Waals surface area contributed by atoms with Crippen LogP contribution in [0.5, 0.6) is 0 Å². The molecule has 0 aromatic heterocycles. The van der Waals surface area contributed by atoms with E-state index in [9.17, 15) is 4.79 Å². The van der Waals surface area contributed by atoms with Crippen molar-refractivity contribution in [3.05, 3.63) is 0 Å². The summed E-state index contributed by atoms with van der Waals surface area (Å²) >= 11 is 0. The average Bonchev–Trinajstić information content (AvgIpc) is 1.38. The fraction of sp³-hybridized carbons (Fsp3) is 0.500. The maximum absolute atomic E-state index is 9.35. The number of rotatable bonds is 1. The molecule has 2 nitrogen and oxygen atoms in total. The third-order valence-electron chi connectivity index (χ3n) is 0.175. The van der Waals surface area contributed by atoms with Crippen LogP contribution in [0.25, 0.3) is 0 Å². The minimum atomic E-state index is -0.782. The molecule has 0 rings (SSSR count). The van der Waals surface area contributed by atoms with Crippen LogP contribution in [0, 0.1) is 0 Å². The first-order chi connectivity index (χ1) is 2.27. The zero-order valence-corrected chi connectivity index (χ0v) is 6.71. The molecular formula is C2H7CaO2P. The number of aliphatic carboxylic acids is 1. The molecule has 0 aliphatic carbocycles. The van der Waals surface area contributed by atoms with Gasteiger partial charge >= 0.3 is 43.7 Å². The van der Waals surface area contributed by atoms with Gasteiger partial charge in [0, 0.05) is 0 Å². The summed E-state index contributed by atoms with van der Waals surface area (Å²) in [6.07, 6.45) is 0.139. The Morgan fingerprint density at radius 3 is 2.17 bits per heavy atom. The molecule has 1 N–H and O–H groups in total. The Labute approximate surface area is 71.5 Å². The van der Waals surface area contributed by atoms with Crippen LogP contribution in [0.2, 0.25) is 0 Å². The number of carboxylic acids is 1. The van der Waals surface area contributed by atoms with E-state index in [0.717, 1.165) is 0 Å². The fourth-order valence-electron chi connectivity index (χ4n) is 0. The predicted molar refractivity (Wildman–Crippen MR) is 30.2 cm³/mol. The van der Waals surface area contributed by atoms with Crippen LogP contribution in [0.15, 0.2) is 0 Å². The second-order valence-electron chi connectivity index (χ2n) is 0.598. The second kappa shape index (κ2) is 6.16. The van der Waals surface area contributed by atoms with Crippen molar-refractivity contribution in [3.63, 3.8) is 0 Å². The molecule has 4 heteroatoms. The third kappa shape index (κ3) is 8.94. The molecule has 6 heavy (non-hydrogen) atoms. The molecular weight excluding hydrogens is 127 g/mol. The topological polar surface area (TPSA) is 37.3 Å². The van der Waals surface area contributed by atoms with Crippen LogP contribution in [0.1, 0.15) is 2.85 Å². The first kappa shape index (κ1) is 10.2. The smallest absolute Gasteiger partial charge is 1.00 e. The van der Waals surface area contributed by atoms with E-state index >= 15 is 0 Å². The van der Waals surface area contributed by atoms with Gasteiger partial charge in [-0.25, -0.2) is 0 Å². The minimum absolute atomic E-state index is 0. The van der Waals surface area contributed by atoms with Gasteiger partial charge in [0.2, 0.25) is 0 Å². The molecule has 0 radical (unpaired) electrons. The molecule has 34 valence electrons. The maximum atomic E-state index is 9.35. The van der Waals surface area contributed by atoms with Crippen molar-refractivity contribution >= 4 is 52.9 Å². The van der Waals surface area contributed by atoms with Crippen molar-refractivity contribution < 1.29 is 12.8 Å². The number of hydrogen-bond acceptors (Lipinski definition) is 1. The van der Waals surface area contributed by atoms with Gasteiger partial charge in [-0.3, -0.25) is 4.79 Å². The van der Waals surface area contributed by atoms with Gasteiger partial charge in [0.15, 0.2) is 0 Å². The van der Waals surface area contributed by atoms with Crippen LogP contribution < -0.4 is 0 Å². The molecule has 0 aliphatic rings. The molecule has 0 fully saturated rings. The Bertz CT molecular complexity index is 53.3. The molecule has 0 amide bonds. The van der Waals surface area contributed by atoms with Crippen LogP contribution in [0.3, 0.4) is 0 Å². The Morgan fingerprint density at radius 2 is 2.17 bits per heavy atom. The third-order valence-corrected chi connectivity index (χ3v) is 0.524. The van der Waals surface area contributed by atoms with Crippen molar-refractivity contribution in [1.82, 2.24) is 0 Å². The Morgan fingerprint density at radius 1 is 2.00 bits per heavy atom. The van der Waals surface area contributed by atoms with Crippen molar-refractivity contribution in [2.75, 3.05) is 6.16 Å². The van der Waals surface area contributed by atoms with Crippen LogP contribution in [-0.2, 0) is 4.79 Å². The quantitative estimate of drug-likeness (QED) is 0.398. The van der Waals surface area contributed by atoms with Gasteiger partial charge in [-0.15, -0.1) is 9.24 Å². The summed E-state index contributed by atoms with van der Waals surface area (Å²) in [4.78, 5) is 9.35. The zero-order valence-electron chi connectivity index (χ0n) is 5.35. The van der Waals surface area contributed by atoms with Gasteiger partial charge < -0.3 is 7.96 Å². The van der Waals surface area contributed by atoms with E-state index in [-0.39, 0.29) is 46.8 Å². The van der Waals surface area contributed by atoms with E-state index in [4.69, 9.17) is 5.11 Å². The van der Waals surface area contributed by atoms with Gasteiger partial charge in [-0.05, 0) is 0 Å². The molecule has 0 saturated heterocycles. The average molecular weight is 134 g/mol. The molecule has 0 heterocycles. The molecule has 0 aromatic rings.